The molecule has 0 saturated carbocycles. The van der Waals surface area contributed by atoms with Gasteiger partial charge in [0, 0.05) is 24.1 Å². The van der Waals surface area contributed by atoms with Gasteiger partial charge in [0.1, 0.15) is 0 Å². The molecule has 0 bridgehead atoms. The molecule has 0 spiro atoms. The standard InChI is InChI=1S/C23H21ClN2O5S/c1-15-5-2-3-6-19(15)26-32(28,29)17-9-7-16(8-10-17)23(27)25-20-14-22-21(13-18(20)24)30-11-4-12-31-22/h2-3,5-10,13-14,26H,4,11-12H2,1H3,(H,25,27). The van der Waals surface area contributed by atoms with Crippen molar-refractivity contribution in [2.75, 3.05) is 23.3 Å². The Morgan fingerprint density at radius 2 is 1.59 bits per heavy atom. The summed E-state index contributed by atoms with van der Waals surface area (Å²) in [6.07, 6.45) is 0.752. The van der Waals surface area contributed by atoms with Crippen molar-refractivity contribution < 1.29 is 22.7 Å². The Kier molecular flexibility index (Phi) is 6.25. The van der Waals surface area contributed by atoms with Crippen molar-refractivity contribution >= 4 is 38.9 Å². The summed E-state index contributed by atoms with van der Waals surface area (Å²) < 4.78 is 39.1. The smallest absolute Gasteiger partial charge is 0.261 e. The molecule has 0 atom stereocenters. The van der Waals surface area contributed by atoms with E-state index in [1.54, 1.807) is 24.3 Å². The van der Waals surface area contributed by atoms with E-state index in [-0.39, 0.29) is 10.5 Å². The summed E-state index contributed by atoms with van der Waals surface area (Å²) in [5, 5.41) is 3.04. The monoisotopic (exact) mass is 472 g/mol. The average molecular weight is 473 g/mol. The molecule has 1 amide bonds. The van der Waals surface area contributed by atoms with Gasteiger partial charge < -0.3 is 14.8 Å². The minimum absolute atomic E-state index is 0.0471. The van der Waals surface area contributed by atoms with Crippen molar-refractivity contribution in [1.82, 2.24) is 0 Å². The third-order valence-electron chi connectivity index (χ3n) is 4.90. The molecule has 9 heteroatoms. The van der Waals surface area contributed by atoms with E-state index in [1.165, 1.54) is 24.3 Å². The molecule has 2 N–H and O–H groups in total. The Labute approximate surface area is 191 Å². The number of hydrogen-bond donors (Lipinski definition) is 2. The zero-order valence-corrected chi connectivity index (χ0v) is 18.8. The maximum atomic E-state index is 12.7. The van der Waals surface area contributed by atoms with Gasteiger partial charge in [-0.2, -0.15) is 0 Å². The first-order valence-corrected chi connectivity index (χ1v) is 11.8. The lowest BCUT2D eigenvalue weighted by atomic mass is 10.2. The highest BCUT2D eigenvalue weighted by atomic mass is 35.5. The molecular formula is C23H21ClN2O5S. The fourth-order valence-electron chi connectivity index (χ4n) is 3.15. The van der Waals surface area contributed by atoms with Crippen LogP contribution < -0.4 is 19.5 Å². The molecule has 7 nitrogen and oxygen atoms in total. The summed E-state index contributed by atoms with van der Waals surface area (Å²) in [7, 11) is -3.79. The second-order valence-electron chi connectivity index (χ2n) is 7.23. The molecule has 166 valence electrons. The zero-order chi connectivity index (χ0) is 22.7. The molecule has 1 aliphatic rings. The highest BCUT2D eigenvalue weighted by Crippen LogP contribution is 2.37. The number of amides is 1. The van der Waals surface area contributed by atoms with Gasteiger partial charge >= 0.3 is 0 Å². The second-order valence-corrected chi connectivity index (χ2v) is 9.32. The third kappa shape index (κ3) is 4.81. The molecular weight excluding hydrogens is 452 g/mol. The summed E-state index contributed by atoms with van der Waals surface area (Å²) in [5.41, 5.74) is 1.96. The molecule has 0 fully saturated rings. The largest absolute Gasteiger partial charge is 0.490 e. The number of sulfonamides is 1. The van der Waals surface area contributed by atoms with E-state index in [0.29, 0.717) is 41.1 Å². The quantitative estimate of drug-likeness (QED) is 0.553. The Balaban J connectivity index is 1.50. The van der Waals surface area contributed by atoms with Gasteiger partial charge in [-0.15, -0.1) is 0 Å². The summed E-state index contributed by atoms with van der Waals surface area (Å²) >= 11 is 6.28. The van der Waals surface area contributed by atoms with E-state index in [9.17, 15) is 13.2 Å². The zero-order valence-electron chi connectivity index (χ0n) is 17.2. The molecule has 4 rings (SSSR count). The number of benzene rings is 3. The molecule has 32 heavy (non-hydrogen) atoms. The van der Waals surface area contributed by atoms with Crippen LogP contribution in [0.4, 0.5) is 11.4 Å². The molecule has 0 saturated heterocycles. The first-order valence-electron chi connectivity index (χ1n) is 9.92. The van der Waals surface area contributed by atoms with Crippen LogP contribution in [0, 0.1) is 6.92 Å². The number of aryl methyl sites for hydroxylation is 1. The number of hydrogen-bond acceptors (Lipinski definition) is 5. The van der Waals surface area contributed by atoms with Crippen LogP contribution in [0.25, 0.3) is 0 Å². The van der Waals surface area contributed by atoms with Crippen molar-refractivity contribution in [3.8, 4) is 11.5 Å². The van der Waals surface area contributed by atoms with Crippen LogP contribution >= 0.6 is 11.6 Å². The van der Waals surface area contributed by atoms with Crippen LogP contribution in [0.3, 0.4) is 0 Å². The maximum Gasteiger partial charge on any atom is 0.261 e. The summed E-state index contributed by atoms with van der Waals surface area (Å²) in [4.78, 5) is 12.7. The van der Waals surface area contributed by atoms with Crippen LogP contribution in [-0.4, -0.2) is 27.5 Å². The van der Waals surface area contributed by atoms with E-state index >= 15 is 0 Å². The van der Waals surface area contributed by atoms with Crippen molar-refractivity contribution in [3.63, 3.8) is 0 Å². The summed E-state index contributed by atoms with van der Waals surface area (Å²) in [5.74, 6) is 0.601. The minimum atomic E-state index is -3.79. The first-order chi connectivity index (χ1) is 15.3. The van der Waals surface area contributed by atoms with Crippen molar-refractivity contribution in [2.45, 2.75) is 18.2 Å². The number of rotatable bonds is 5. The number of carbonyl (C=O) groups is 1. The van der Waals surface area contributed by atoms with Gasteiger partial charge in [0.05, 0.1) is 34.5 Å². The average Bonchev–Trinajstić information content (AvgIpc) is 3.00. The van der Waals surface area contributed by atoms with Crippen molar-refractivity contribution in [3.05, 3.63) is 76.8 Å². The fourth-order valence-corrected chi connectivity index (χ4v) is 4.48. The van der Waals surface area contributed by atoms with Gasteiger partial charge in [0.2, 0.25) is 0 Å². The number of nitrogens with one attached hydrogen (secondary N) is 2. The number of fused-ring (bicyclic) bond motifs is 1. The molecule has 1 aliphatic heterocycles. The number of carbonyl (C=O) groups excluding carboxylic acids is 1. The number of anilines is 2. The van der Waals surface area contributed by atoms with E-state index < -0.39 is 15.9 Å². The molecule has 0 aromatic heterocycles. The van der Waals surface area contributed by atoms with E-state index in [1.807, 2.05) is 19.1 Å². The number of ether oxygens (including phenoxy) is 2. The lowest BCUT2D eigenvalue weighted by Gasteiger charge is -2.13. The van der Waals surface area contributed by atoms with Crippen LogP contribution in [0.5, 0.6) is 11.5 Å². The van der Waals surface area contributed by atoms with Crippen molar-refractivity contribution in [2.24, 2.45) is 0 Å². The lowest BCUT2D eigenvalue weighted by Crippen LogP contribution is -2.15. The Morgan fingerprint density at radius 3 is 2.28 bits per heavy atom. The highest BCUT2D eigenvalue weighted by molar-refractivity contribution is 7.92. The maximum absolute atomic E-state index is 12.7. The normalized spacial score (nSPS) is 13.2. The van der Waals surface area contributed by atoms with Crippen LogP contribution in [-0.2, 0) is 10.0 Å². The third-order valence-corrected chi connectivity index (χ3v) is 6.60. The predicted molar refractivity (Wildman–Crippen MR) is 123 cm³/mol. The molecule has 3 aromatic rings. The SMILES string of the molecule is Cc1ccccc1NS(=O)(=O)c1ccc(C(=O)Nc2cc3c(cc2Cl)OCCCO3)cc1. The van der Waals surface area contributed by atoms with Crippen molar-refractivity contribution in [1.29, 1.82) is 0 Å². The molecule has 0 unspecified atom stereocenters. The van der Waals surface area contributed by atoms with E-state index in [2.05, 4.69) is 10.0 Å². The molecule has 0 radical (unpaired) electrons. The molecule has 3 aromatic carbocycles. The van der Waals surface area contributed by atoms with Gasteiger partial charge in [0.25, 0.3) is 15.9 Å². The molecule has 1 heterocycles. The predicted octanol–water partition coefficient (Wildman–Crippen LogP) is 4.86. The summed E-state index contributed by atoms with van der Waals surface area (Å²) in [6, 6.07) is 16.0. The lowest BCUT2D eigenvalue weighted by molar-refractivity contribution is 0.102. The summed E-state index contributed by atoms with van der Waals surface area (Å²) in [6.45, 7) is 2.85. The Hall–Kier alpha value is -3.23. The van der Waals surface area contributed by atoms with Gasteiger partial charge in [-0.3, -0.25) is 9.52 Å². The van der Waals surface area contributed by atoms with E-state index in [4.69, 9.17) is 21.1 Å². The van der Waals surface area contributed by atoms with Gasteiger partial charge in [-0.05, 0) is 42.8 Å². The Bertz CT molecular complexity index is 1260. The van der Waals surface area contributed by atoms with Gasteiger partial charge in [-0.1, -0.05) is 29.8 Å². The second kappa shape index (κ2) is 9.10. The van der Waals surface area contributed by atoms with Gasteiger partial charge in [0.15, 0.2) is 11.5 Å². The number of para-hydroxylation sites is 1. The Morgan fingerprint density at radius 1 is 0.938 bits per heavy atom. The van der Waals surface area contributed by atoms with Gasteiger partial charge in [-0.25, -0.2) is 8.42 Å². The number of halogens is 1. The fraction of sp³-hybridized carbons (Fsp3) is 0.174. The van der Waals surface area contributed by atoms with Crippen LogP contribution in [0.2, 0.25) is 5.02 Å². The van der Waals surface area contributed by atoms with Crippen LogP contribution in [0.15, 0.2) is 65.6 Å². The topological polar surface area (TPSA) is 93.7 Å². The highest BCUT2D eigenvalue weighted by Gasteiger charge is 2.18. The molecule has 0 aliphatic carbocycles. The van der Waals surface area contributed by atoms with Crippen LogP contribution in [0.1, 0.15) is 22.3 Å². The first kappa shape index (κ1) is 22.0. The van der Waals surface area contributed by atoms with E-state index in [0.717, 1.165) is 12.0 Å². The minimum Gasteiger partial charge on any atom is -0.490 e.